The summed E-state index contributed by atoms with van der Waals surface area (Å²) in [6, 6.07) is 10.1. The first-order valence-electron chi connectivity index (χ1n) is 12.1. The number of carbonyl (C=O) groups is 2. The van der Waals surface area contributed by atoms with Crippen LogP contribution in [0.2, 0.25) is 0 Å². The van der Waals surface area contributed by atoms with Crippen LogP contribution < -0.4 is 38.2 Å². The fourth-order valence-corrected chi connectivity index (χ4v) is 4.76. The largest absolute Gasteiger partial charge is 0.493 e. The highest BCUT2D eigenvalue weighted by atomic mass is 16.6. The molecule has 3 aromatic carbocycles. The van der Waals surface area contributed by atoms with Crippen LogP contribution in [-0.2, 0) is 9.47 Å². The van der Waals surface area contributed by atoms with Gasteiger partial charge in [-0.15, -0.1) is 0 Å². The Hall–Kier alpha value is -5.00. The number of hydrogen-bond donors (Lipinski definition) is 0. The maximum Gasteiger partial charge on any atom is 0.342 e. The Morgan fingerprint density at radius 1 is 0.525 bits per heavy atom. The highest BCUT2D eigenvalue weighted by Crippen LogP contribution is 2.47. The van der Waals surface area contributed by atoms with Crippen LogP contribution in [0, 0.1) is 0 Å². The van der Waals surface area contributed by atoms with E-state index in [0.29, 0.717) is 57.2 Å². The van der Waals surface area contributed by atoms with Crippen molar-refractivity contribution in [1.29, 1.82) is 0 Å². The van der Waals surface area contributed by atoms with Gasteiger partial charge in [-0.2, -0.15) is 0 Å². The van der Waals surface area contributed by atoms with E-state index in [1.165, 1.54) is 42.7 Å². The van der Waals surface area contributed by atoms with Gasteiger partial charge in [0.15, 0.2) is 36.5 Å². The van der Waals surface area contributed by atoms with Gasteiger partial charge in [-0.3, -0.25) is 0 Å². The summed E-state index contributed by atoms with van der Waals surface area (Å²) in [6.07, 6.45) is 0. The zero-order valence-electron chi connectivity index (χ0n) is 22.9. The zero-order valence-corrected chi connectivity index (χ0v) is 22.9. The molecule has 12 nitrogen and oxygen atoms in total. The third kappa shape index (κ3) is 4.27. The van der Waals surface area contributed by atoms with E-state index in [0.717, 1.165) is 0 Å². The average Bonchev–Trinajstić information content (AvgIpc) is 2.99. The molecule has 2 heterocycles. The van der Waals surface area contributed by atoms with E-state index in [1.807, 2.05) is 0 Å². The molecular formula is C28H28N2O10. The number of cyclic esters (lactones) is 2. The molecule has 0 amide bonds. The van der Waals surface area contributed by atoms with Gasteiger partial charge in [0.1, 0.15) is 0 Å². The van der Waals surface area contributed by atoms with Crippen molar-refractivity contribution in [2.75, 3.05) is 65.9 Å². The van der Waals surface area contributed by atoms with Crippen LogP contribution in [-0.4, -0.2) is 68.1 Å². The Morgan fingerprint density at radius 3 is 1.12 bits per heavy atom. The fourth-order valence-electron chi connectivity index (χ4n) is 4.76. The third-order valence-corrected chi connectivity index (χ3v) is 6.71. The highest BCUT2D eigenvalue weighted by molar-refractivity contribution is 6.06. The van der Waals surface area contributed by atoms with Crippen LogP contribution in [0.1, 0.15) is 20.7 Å². The first-order chi connectivity index (χ1) is 19.4. The first-order valence-corrected chi connectivity index (χ1v) is 12.1. The van der Waals surface area contributed by atoms with Gasteiger partial charge in [-0.25, -0.2) is 9.59 Å². The minimum Gasteiger partial charge on any atom is -0.493 e. The molecule has 0 fully saturated rings. The summed E-state index contributed by atoms with van der Waals surface area (Å²) in [6.45, 7) is -0.205. The number of esters is 2. The second-order valence-corrected chi connectivity index (χ2v) is 8.63. The monoisotopic (exact) mass is 552 g/mol. The number of ether oxygens (including phenoxy) is 8. The van der Waals surface area contributed by atoms with Crippen molar-refractivity contribution in [3.8, 4) is 34.5 Å². The molecule has 210 valence electrons. The van der Waals surface area contributed by atoms with Crippen LogP contribution in [0.3, 0.4) is 0 Å². The molecule has 0 saturated heterocycles. The number of carbonyl (C=O) groups excluding carboxylic acids is 2. The molecule has 2 aliphatic rings. The second-order valence-electron chi connectivity index (χ2n) is 8.63. The summed E-state index contributed by atoms with van der Waals surface area (Å²) in [5, 5.41) is 0. The van der Waals surface area contributed by atoms with Crippen molar-refractivity contribution in [3.05, 3.63) is 47.5 Å². The van der Waals surface area contributed by atoms with E-state index in [9.17, 15) is 9.59 Å². The number of hydrogen-bond acceptors (Lipinski definition) is 12. The van der Waals surface area contributed by atoms with Crippen LogP contribution in [0.4, 0.5) is 22.7 Å². The molecule has 0 aromatic heterocycles. The molecule has 0 atom stereocenters. The van der Waals surface area contributed by atoms with E-state index in [2.05, 4.69) is 0 Å². The van der Waals surface area contributed by atoms with Gasteiger partial charge in [0.25, 0.3) is 0 Å². The van der Waals surface area contributed by atoms with E-state index in [4.69, 9.17) is 37.9 Å². The number of rotatable bonds is 8. The van der Waals surface area contributed by atoms with Gasteiger partial charge in [-0.1, -0.05) is 0 Å². The van der Waals surface area contributed by atoms with E-state index in [1.54, 1.807) is 46.2 Å². The van der Waals surface area contributed by atoms with Crippen molar-refractivity contribution in [2.45, 2.75) is 0 Å². The van der Waals surface area contributed by atoms with Gasteiger partial charge < -0.3 is 47.7 Å². The third-order valence-electron chi connectivity index (χ3n) is 6.71. The van der Waals surface area contributed by atoms with Crippen molar-refractivity contribution in [3.63, 3.8) is 0 Å². The molecule has 12 heteroatoms. The lowest BCUT2D eigenvalue weighted by molar-refractivity contribution is 0.0473. The molecule has 0 unspecified atom stereocenters. The molecule has 3 aromatic rings. The number of benzene rings is 3. The Bertz CT molecular complexity index is 1330. The van der Waals surface area contributed by atoms with E-state index < -0.39 is 11.9 Å². The second kappa shape index (κ2) is 10.6. The van der Waals surface area contributed by atoms with Crippen LogP contribution in [0.15, 0.2) is 36.4 Å². The predicted octanol–water partition coefficient (Wildman–Crippen LogP) is 4.27. The molecule has 2 aliphatic heterocycles. The number of anilines is 4. The molecule has 0 bridgehead atoms. The van der Waals surface area contributed by atoms with Gasteiger partial charge >= 0.3 is 11.9 Å². The highest BCUT2D eigenvalue weighted by Gasteiger charge is 2.34. The van der Waals surface area contributed by atoms with Crippen molar-refractivity contribution in [2.24, 2.45) is 0 Å². The molecule has 0 aliphatic carbocycles. The smallest absolute Gasteiger partial charge is 0.342 e. The van der Waals surface area contributed by atoms with Crippen molar-refractivity contribution >= 4 is 34.7 Å². The quantitative estimate of drug-likeness (QED) is 0.372. The van der Waals surface area contributed by atoms with Crippen LogP contribution in [0.5, 0.6) is 34.5 Å². The summed E-state index contributed by atoms with van der Waals surface area (Å²) in [5.41, 5.74) is 2.60. The van der Waals surface area contributed by atoms with Gasteiger partial charge in [0, 0.05) is 24.3 Å². The molecule has 0 spiro atoms. The Morgan fingerprint density at radius 2 is 0.850 bits per heavy atom. The number of fused-ring (bicyclic) bond motifs is 2. The van der Waals surface area contributed by atoms with Crippen molar-refractivity contribution in [1.82, 2.24) is 0 Å². The normalized spacial score (nSPS) is 13.9. The molecule has 40 heavy (non-hydrogen) atoms. The minimum absolute atomic E-state index is 0.102. The molecule has 5 rings (SSSR count). The minimum atomic E-state index is -0.537. The Kier molecular flexibility index (Phi) is 7.07. The van der Waals surface area contributed by atoms with Gasteiger partial charge in [0.05, 0.1) is 76.5 Å². The van der Waals surface area contributed by atoms with Crippen LogP contribution in [0.25, 0.3) is 0 Å². The fraction of sp³-hybridized carbons (Fsp3) is 0.286. The lowest BCUT2D eigenvalue weighted by atomic mass is 10.0. The Balaban J connectivity index is 1.66. The summed E-state index contributed by atoms with van der Waals surface area (Å²) in [4.78, 5) is 29.4. The maximum absolute atomic E-state index is 13.0. The standard InChI is InChI=1S/C28H28N2O10/c1-33-21-7-15(8-22(34-2)25(21)37-5)29-13-39-27(31)17-12-20-18(11-19(17)29)28(32)40-14-30(20)16-9-23(35-3)26(38-6)24(10-16)36-4/h7-12H,13-14H2,1-6H3. The molecule has 0 N–H and O–H groups in total. The summed E-state index contributed by atoms with van der Waals surface area (Å²) in [5.74, 6) is 1.43. The molecule has 0 saturated carbocycles. The first kappa shape index (κ1) is 26.6. The van der Waals surface area contributed by atoms with Crippen LogP contribution >= 0.6 is 0 Å². The lowest BCUT2D eigenvalue weighted by Gasteiger charge is -2.35. The number of methoxy groups -OCH3 is 6. The average molecular weight is 553 g/mol. The van der Waals surface area contributed by atoms with Gasteiger partial charge in [-0.05, 0) is 12.1 Å². The maximum atomic E-state index is 13.0. The summed E-state index contributed by atoms with van der Waals surface area (Å²) in [7, 11) is 9.06. The lowest BCUT2D eigenvalue weighted by Crippen LogP contribution is -2.34. The van der Waals surface area contributed by atoms with Crippen molar-refractivity contribution < 1.29 is 47.5 Å². The van der Waals surface area contributed by atoms with Gasteiger partial charge in [0.2, 0.25) is 11.5 Å². The summed E-state index contributed by atoms with van der Waals surface area (Å²) >= 11 is 0. The topological polar surface area (TPSA) is 114 Å². The van der Waals surface area contributed by atoms with E-state index >= 15 is 0 Å². The molecular weight excluding hydrogens is 524 g/mol. The summed E-state index contributed by atoms with van der Waals surface area (Å²) < 4.78 is 43.9. The zero-order chi connectivity index (χ0) is 28.6. The number of nitrogens with zero attached hydrogens (tertiary/aromatic N) is 2. The SMILES string of the molecule is COc1cc(N2COC(=O)c3cc4c(cc32)C(=O)OCN4c2cc(OC)c(OC)c(OC)c2)cc(OC)c1OC. The predicted molar refractivity (Wildman–Crippen MR) is 143 cm³/mol. The Labute approximate surface area is 230 Å². The van der Waals surface area contributed by atoms with E-state index in [-0.39, 0.29) is 24.6 Å². The molecule has 0 radical (unpaired) electrons.